The van der Waals surface area contributed by atoms with Crippen LogP contribution < -0.4 is 0 Å². The largest absolute Gasteiger partial charge is 0.387 e. The van der Waals surface area contributed by atoms with Crippen LogP contribution in [0.4, 0.5) is 0 Å². The average Bonchev–Trinajstić information content (AvgIpc) is 2.48. The SMILES string of the molecule is CN(C[C@H](O)c1ccccc1)C(=O)c1ccccc1Br. The van der Waals surface area contributed by atoms with Crippen LogP contribution in [0, 0.1) is 0 Å². The third-order valence-corrected chi connectivity index (χ3v) is 3.77. The lowest BCUT2D eigenvalue weighted by atomic mass is 10.1. The fraction of sp³-hybridized carbons (Fsp3) is 0.188. The molecule has 0 saturated heterocycles. The maximum absolute atomic E-state index is 12.3. The third kappa shape index (κ3) is 3.46. The lowest BCUT2D eigenvalue weighted by Gasteiger charge is -2.21. The monoisotopic (exact) mass is 333 g/mol. The van der Waals surface area contributed by atoms with Crippen molar-refractivity contribution in [3.63, 3.8) is 0 Å². The molecule has 2 aromatic carbocycles. The maximum atomic E-state index is 12.3. The molecule has 3 nitrogen and oxygen atoms in total. The van der Waals surface area contributed by atoms with Gasteiger partial charge >= 0.3 is 0 Å². The number of likely N-dealkylation sites (N-methyl/N-ethyl adjacent to an activating group) is 1. The number of aliphatic hydroxyl groups is 1. The summed E-state index contributed by atoms with van der Waals surface area (Å²) in [5, 5.41) is 10.2. The van der Waals surface area contributed by atoms with Crippen LogP contribution in [-0.2, 0) is 0 Å². The number of hydrogen-bond acceptors (Lipinski definition) is 2. The summed E-state index contributed by atoms with van der Waals surface area (Å²) in [5.41, 5.74) is 1.40. The second-order valence-electron chi connectivity index (χ2n) is 4.59. The molecule has 0 aliphatic heterocycles. The summed E-state index contributed by atoms with van der Waals surface area (Å²) < 4.78 is 0.756. The zero-order chi connectivity index (χ0) is 14.5. The molecule has 4 heteroatoms. The minimum Gasteiger partial charge on any atom is -0.387 e. The molecule has 0 heterocycles. The van der Waals surface area contributed by atoms with E-state index in [9.17, 15) is 9.90 Å². The van der Waals surface area contributed by atoms with Gasteiger partial charge in [-0.25, -0.2) is 0 Å². The number of amides is 1. The fourth-order valence-corrected chi connectivity index (χ4v) is 2.42. The summed E-state index contributed by atoms with van der Waals surface area (Å²) in [6, 6.07) is 16.6. The molecule has 0 aromatic heterocycles. The summed E-state index contributed by atoms with van der Waals surface area (Å²) in [4.78, 5) is 13.8. The Bertz CT molecular complexity index is 586. The van der Waals surface area contributed by atoms with Crippen molar-refractivity contribution in [2.24, 2.45) is 0 Å². The minimum atomic E-state index is -0.687. The predicted molar refractivity (Wildman–Crippen MR) is 82.5 cm³/mol. The zero-order valence-electron chi connectivity index (χ0n) is 11.2. The molecule has 2 aromatic rings. The molecule has 0 bridgehead atoms. The van der Waals surface area contributed by atoms with Crippen molar-refractivity contribution in [2.75, 3.05) is 13.6 Å². The molecule has 2 rings (SSSR count). The first-order valence-electron chi connectivity index (χ1n) is 6.32. The quantitative estimate of drug-likeness (QED) is 0.932. The topological polar surface area (TPSA) is 40.5 Å². The molecule has 104 valence electrons. The third-order valence-electron chi connectivity index (χ3n) is 3.08. The van der Waals surface area contributed by atoms with Gasteiger partial charge in [-0.2, -0.15) is 0 Å². The minimum absolute atomic E-state index is 0.118. The Labute approximate surface area is 127 Å². The van der Waals surface area contributed by atoms with Crippen molar-refractivity contribution in [1.29, 1.82) is 0 Å². The highest BCUT2D eigenvalue weighted by molar-refractivity contribution is 9.10. The molecule has 1 atom stereocenters. The van der Waals surface area contributed by atoms with Gasteiger partial charge in [0.25, 0.3) is 5.91 Å². The highest BCUT2D eigenvalue weighted by Gasteiger charge is 2.18. The molecule has 0 aliphatic carbocycles. The Morgan fingerprint density at radius 2 is 1.75 bits per heavy atom. The van der Waals surface area contributed by atoms with E-state index in [2.05, 4.69) is 15.9 Å². The zero-order valence-corrected chi connectivity index (χ0v) is 12.7. The van der Waals surface area contributed by atoms with Gasteiger partial charge in [-0.3, -0.25) is 4.79 Å². The molecule has 0 radical (unpaired) electrons. The van der Waals surface area contributed by atoms with Gasteiger partial charge in [0.05, 0.1) is 18.2 Å². The number of rotatable bonds is 4. The molecule has 0 unspecified atom stereocenters. The van der Waals surface area contributed by atoms with E-state index >= 15 is 0 Å². The Balaban J connectivity index is 2.07. The van der Waals surface area contributed by atoms with Crippen molar-refractivity contribution in [2.45, 2.75) is 6.10 Å². The standard InChI is InChI=1S/C16H16BrNO2/c1-18(11-15(19)12-7-3-2-4-8-12)16(20)13-9-5-6-10-14(13)17/h2-10,15,19H,11H2,1H3/t15-/m0/s1. The van der Waals surface area contributed by atoms with Crippen molar-refractivity contribution in [1.82, 2.24) is 4.90 Å². The molecular weight excluding hydrogens is 318 g/mol. The van der Waals surface area contributed by atoms with Crippen molar-refractivity contribution in [3.05, 3.63) is 70.2 Å². The van der Waals surface area contributed by atoms with E-state index in [-0.39, 0.29) is 12.5 Å². The van der Waals surface area contributed by atoms with Crippen LogP contribution >= 0.6 is 15.9 Å². The van der Waals surface area contributed by atoms with E-state index in [1.54, 1.807) is 13.1 Å². The maximum Gasteiger partial charge on any atom is 0.254 e. The number of nitrogens with zero attached hydrogens (tertiary/aromatic N) is 1. The first kappa shape index (κ1) is 14.8. The van der Waals surface area contributed by atoms with Gasteiger partial charge in [0.1, 0.15) is 0 Å². The Kier molecular flexibility index (Phi) is 4.93. The smallest absolute Gasteiger partial charge is 0.254 e. The molecule has 20 heavy (non-hydrogen) atoms. The summed E-state index contributed by atoms with van der Waals surface area (Å²) in [7, 11) is 1.69. The van der Waals surface area contributed by atoms with Crippen LogP contribution in [-0.4, -0.2) is 29.5 Å². The van der Waals surface area contributed by atoms with Crippen LogP contribution in [0.25, 0.3) is 0 Å². The number of aliphatic hydroxyl groups excluding tert-OH is 1. The summed E-state index contributed by atoms with van der Waals surface area (Å²) in [6.07, 6.45) is -0.687. The van der Waals surface area contributed by atoms with E-state index in [1.807, 2.05) is 48.5 Å². The lowest BCUT2D eigenvalue weighted by Crippen LogP contribution is -2.31. The first-order chi connectivity index (χ1) is 9.59. The molecule has 0 saturated carbocycles. The molecular formula is C16H16BrNO2. The Hall–Kier alpha value is -1.65. The van der Waals surface area contributed by atoms with Gasteiger partial charge in [0.15, 0.2) is 0 Å². The molecule has 1 amide bonds. The van der Waals surface area contributed by atoms with Crippen LogP contribution in [0.15, 0.2) is 59.1 Å². The number of carbonyl (C=O) groups excluding carboxylic acids is 1. The highest BCUT2D eigenvalue weighted by Crippen LogP contribution is 2.19. The second kappa shape index (κ2) is 6.68. The van der Waals surface area contributed by atoms with Crippen LogP contribution in [0.5, 0.6) is 0 Å². The summed E-state index contributed by atoms with van der Waals surface area (Å²) in [5.74, 6) is -0.118. The second-order valence-corrected chi connectivity index (χ2v) is 5.45. The number of hydrogen-bond donors (Lipinski definition) is 1. The lowest BCUT2D eigenvalue weighted by molar-refractivity contribution is 0.0680. The van der Waals surface area contributed by atoms with Gasteiger partial charge in [-0.05, 0) is 33.6 Å². The van der Waals surface area contributed by atoms with E-state index < -0.39 is 6.10 Å². The van der Waals surface area contributed by atoms with Gasteiger partial charge in [0.2, 0.25) is 0 Å². The molecule has 0 aliphatic rings. The van der Waals surface area contributed by atoms with Gasteiger partial charge in [-0.15, -0.1) is 0 Å². The predicted octanol–water partition coefficient (Wildman–Crippen LogP) is 3.25. The molecule has 0 fully saturated rings. The van der Waals surface area contributed by atoms with Gasteiger partial charge in [-0.1, -0.05) is 42.5 Å². The van der Waals surface area contributed by atoms with E-state index in [1.165, 1.54) is 4.90 Å². The number of benzene rings is 2. The molecule has 0 spiro atoms. The van der Waals surface area contributed by atoms with Crippen LogP contribution in [0.1, 0.15) is 22.0 Å². The molecule has 1 N–H and O–H groups in total. The van der Waals surface area contributed by atoms with Crippen molar-refractivity contribution >= 4 is 21.8 Å². The average molecular weight is 334 g/mol. The number of halogens is 1. The van der Waals surface area contributed by atoms with Crippen molar-refractivity contribution < 1.29 is 9.90 Å². The summed E-state index contributed by atoms with van der Waals surface area (Å²) in [6.45, 7) is 0.254. The van der Waals surface area contributed by atoms with E-state index in [0.717, 1.165) is 10.0 Å². The first-order valence-corrected chi connectivity index (χ1v) is 7.12. The van der Waals surface area contributed by atoms with Crippen LogP contribution in [0.3, 0.4) is 0 Å². The van der Waals surface area contributed by atoms with Gasteiger partial charge < -0.3 is 10.0 Å². The van der Waals surface area contributed by atoms with Crippen molar-refractivity contribution in [3.8, 4) is 0 Å². The van der Waals surface area contributed by atoms with E-state index in [0.29, 0.717) is 5.56 Å². The normalized spacial score (nSPS) is 11.9. The Morgan fingerprint density at radius 1 is 1.15 bits per heavy atom. The van der Waals surface area contributed by atoms with Crippen LogP contribution in [0.2, 0.25) is 0 Å². The van der Waals surface area contributed by atoms with Gasteiger partial charge in [0, 0.05) is 11.5 Å². The number of carbonyl (C=O) groups is 1. The fourth-order valence-electron chi connectivity index (χ4n) is 1.96. The highest BCUT2D eigenvalue weighted by atomic mass is 79.9. The summed E-state index contributed by atoms with van der Waals surface area (Å²) >= 11 is 3.37. The van der Waals surface area contributed by atoms with E-state index in [4.69, 9.17) is 0 Å². The Morgan fingerprint density at radius 3 is 2.40 bits per heavy atom.